The van der Waals surface area contributed by atoms with E-state index in [1.165, 1.54) is 17.7 Å². The Labute approximate surface area is 228 Å². The van der Waals surface area contributed by atoms with E-state index in [2.05, 4.69) is 46.1 Å². The van der Waals surface area contributed by atoms with Crippen LogP contribution >= 0.6 is 0 Å². The lowest BCUT2D eigenvalue weighted by Gasteiger charge is -2.35. The van der Waals surface area contributed by atoms with Crippen molar-refractivity contribution in [1.29, 1.82) is 0 Å². The summed E-state index contributed by atoms with van der Waals surface area (Å²) in [6, 6.07) is 18.4. The third-order valence-corrected chi connectivity index (χ3v) is 7.02. The number of nitrogens with zero attached hydrogens (tertiary/aromatic N) is 4. The van der Waals surface area contributed by atoms with Crippen LogP contribution in [0.25, 0.3) is 22.6 Å². The number of nitrogens with one attached hydrogen (secondary N) is 1. The summed E-state index contributed by atoms with van der Waals surface area (Å²) in [6.45, 7) is 7.47. The van der Waals surface area contributed by atoms with Crippen LogP contribution in [0.2, 0.25) is 0 Å². The van der Waals surface area contributed by atoms with Gasteiger partial charge in [-0.25, -0.2) is 14.4 Å². The molecule has 4 aromatic rings. The summed E-state index contributed by atoms with van der Waals surface area (Å²) in [6.07, 6.45) is 3.63. The lowest BCUT2D eigenvalue weighted by Crippen LogP contribution is -2.49. The topological polar surface area (TPSA) is 74.3 Å². The van der Waals surface area contributed by atoms with Gasteiger partial charge in [-0.2, -0.15) is 0 Å². The molecule has 0 unspecified atom stereocenters. The summed E-state index contributed by atoms with van der Waals surface area (Å²) in [5.41, 5.74) is 4.88. The number of hydrogen-bond donors (Lipinski definition) is 1. The van der Waals surface area contributed by atoms with E-state index in [0.717, 1.165) is 47.2 Å². The average molecular weight is 528 g/mol. The fourth-order valence-corrected chi connectivity index (χ4v) is 4.87. The van der Waals surface area contributed by atoms with Crippen LogP contribution in [0, 0.1) is 12.7 Å². The fourth-order valence-electron chi connectivity index (χ4n) is 4.87. The van der Waals surface area contributed by atoms with E-state index < -0.39 is 0 Å². The predicted molar refractivity (Wildman–Crippen MR) is 151 cm³/mol. The molecule has 2 aromatic carbocycles. The molecule has 1 amide bonds. The predicted octanol–water partition coefficient (Wildman–Crippen LogP) is 5.66. The maximum absolute atomic E-state index is 13.5. The number of anilines is 1. The number of piperazine rings is 1. The van der Waals surface area contributed by atoms with E-state index in [1.54, 1.807) is 18.3 Å². The number of benzene rings is 2. The smallest absolute Gasteiger partial charge is 0.222 e. The first-order chi connectivity index (χ1) is 19.0. The Hall–Kier alpha value is -4.20. The molecule has 0 saturated carbocycles. The number of pyridine rings is 1. The number of carbonyl (C=O) groups excluding carboxylic acids is 1. The molecule has 7 nitrogen and oxygen atoms in total. The van der Waals surface area contributed by atoms with E-state index in [0.29, 0.717) is 44.8 Å². The molecule has 39 heavy (non-hydrogen) atoms. The summed E-state index contributed by atoms with van der Waals surface area (Å²) in [7, 11) is 0. The largest absolute Gasteiger partial charge is 0.494 e. The van der Waals surface area contributed by atoms with Crippen molar-refractivity contribution in [2.75, 3.05) is 37.7 Å². The van der Waals surface area contributed by atoms with Gasteiger partial charge in [0.05, 0.1) is 12.3 Å². The number of amides is 1. The van der Waals surface area contributed by atoms with Crippen molar-refractivity contribution in [3.8, 4) is 28.4 Å². The van der Waals surface area contributed by atoms with Crippen molar-refractivity contribution in [2.45, 2.75) is 33.1 Å². The van der Waals surface area contributed by atoms with Crippen molar-refractivity contribution in [1.82, 2.24) is 19.9 Å². The number of carbonyl (C=O) groups is 1. The highest BCUT2D eigenvalue weighted by Gasteiger charge is 2.22. The molecular formula is C31H34FN5O2. The minimum absolute atomic E-state index is 0.167. The van der Waals surface area contributed by atoms with Crippen molar-refractivity contribution in [3.05, 3.63) is 83.9 Å². The molecule has 0 bridgehead atoms. The average Bonchev–Trinajstić information content (AvgIpc) is 3.38. The monoisotopic (exact) mass is 527 g/mol. The molecule has 202 valence electrons. The quantitative estimate of drug-likeness (QED) is 0.304. The lowest BCUT2D eigenvalue weighted by atomic mass is 10.1. The second-order valence-electron chi connectivity index (χ2n) is 9.79. The summed E-state index contributed by atoms with van der Waals surface area (Å²) < 4.78 is 19.1. The number of aryl methyl sites for hydroxylation is 2. The number of halogens is 1. The second-order valence-corrected chi connectivity index (χ2v) is 9.79. The molecule has 3 heterocycles. The Kier molecular flexibility index (Phi) is 8.20. The summed E-state index contributed by atoms with van der Waals surface area (Å²) in [5, 5.41) is 0. The molecule has 0 atom stereocenters. The zero-order chi connectivity index (χ0) is 27.2. The van der Waals surface area contributed by atoms with Crippen molar-refractivity contribution >= 4 is 11.7 Å². The number of aromatic nitrogens is 3. The molecular weight excluding hydrogens is 493 g/mol. The molecule has 1 saturated heterocycles. The van der Waals surface area contributed by atoms with Crippen LogP contribution in [0.1, 0.15) is 31.0 Å². The van der Waals surface area contributed by atoms with Gasteiger partial charge in [0, 0.05) is 61.7 Å². The molecule has 5 rings (SSSR count). The number of rotatable bonds is 9. The van der Waals surface area contributed by atoms with Gasteiger partial charge in [-0.05, 0) is 57.0 Å². The Morgan fingerprint density at radius 3 is 2.44 bits per heavy atom. The zero-order valence-electron chi connectivity index (χ0n) is 22.5. The molecule has 0 radical (unpaired) electrons. The highest BCUT2D eigenvalue weighted by atomic mass is 19.1. The molecule has 0 aliphatic carbocycles. The Bertz CT molecular complexity index is 1390. The van der Waals surface area contributed by atoms with Crippen LogP contribution in [0.15, 0.2) is 66.9 Å². The van der Waals surface area contributed by atoms with Gasteiger partial charge in [-0.3, -0.25) is 4.79 Å². The molecule has 1 aliphatic rings. The van der Waals surface area contributed by atoms with E-state index >= 15 is 0 Å². The molecule has 1 fully saturated rings. The van der Waals surface area contributed by atoms with Crippen LogP contribution in [0.5, 0.6) is 5.75 Å². The maximum atomic E-state index is 13.5. The maximum Gasteiger partial charge on any atom is 0.222 e. The Balaban J connectivity index is 1.20. The van der Waals surface area contributed by atoms with Crippen LogP contribution in [0.3, 0.4) is 0 Å². The number of ether oxygens (including phenoxy) is 1. The standard InChI is InChI=1S/C31H34FN5O2/c1-3-39-26-15-16-33-28(21-26)36-17-19-37(20-18-36)29(38)6-4-5-27-30(23-9-7-22(2)8-10-23)35-31(34-27)24-11-13-25(32)14-12-24/h7-16,21H,3-6,17-20H2,1-2H3,(H,34,35). The zero-order valence-corrected chi connectivity index (χ0v) is 22.5. The Morgan fingerprint density at radius 1 is 1.00 bits per heavy atom. The van der Waals surface area contributed by atoms with E-state index in [-0.39, 0.29) is 11.7 Å². The molecule has 0 spiro atoms. The van der Waals surface area contributed by atoms with E-state index in [1.807, 2.05) is 24.0 Å². The molecule has 2 aromatic heterocycles. The van der Waals surface area contributed by atoms with E-state index in [4.69, 9.17) is 9.72 Å². The minimum atomic E-state index is -0.279. The first-order valence-corrected chi connectivity index (χ1v) is 13.5. The van der Waals surface area contributed by atoms with Crippen LogP contribution in [0.4, 0.5) is 10.2 Å². The highest BCUT2D eigenvalue weighted by Crippen LogP contribution is 2.28. The number of H-pyrrole nitrogens is 1. The lowest BCUT2D eigenvalue weighted by molar-refractivity contribution is -0.131. The normalized spacial score (nSPS) is 13.5. The van der Waals surface area contributed by atoms with Crippen LogP contribution in [-0.2, 0) is 11.2 Å². The SMILES string of the molecule is CCOc1ccnc(N2CCN(C(=O)CCCc3[nH]c(-c4ccc(F)cc4)nc3-c3ccc(C)cc3)CC2)c1. The number of hydrogen-bond acceptors (Lipinski definition) is 5. The summed E-state index contributed by atoms with van der Waals surface area (Å²) in [5.74, 6) is 2.28. The van der Waals surface area contributed by atoms with Gasteiger partial charge < -0.3 is 19.5 Å². The van der Waals surface area contributed by atoms with Crippen molar-refractivity contribution in [2.24, 2.45) is 0 Å². The molecule has 1 N–H and O–H groups in total. The second kappa shape index (κ2) is 12.1. The van der Waals surface area contributed by atoms with Gasteiger partial charge in [-0.1, -0.05) is 29.8 Å². The first kappa shape index (κ1) is 26.4. The van der Waals surface area contributed by atoms with Crippen LogP contribution < -0.4 is 9.64 Å². The summed E-state index contributed by atoms with van der Waals surface area (Å²) in [4.78, 5) is 30.0. The van der Waals surface area contributed by atoms with Crippen molar-refractivity contribution in [3.63, 3.8) is 0 Å². The third-order valence-electron chi connectivity index (χ3n) is 7.02. The number of aromatic amines is 1. The van der Waals surface area contributed by atoms with Crippen molar-refractivity contribution < 1.29 is 13.9 Å². The van der Waals surface area contributed by atoms with E-state index in [9.17, 15) is 9.18 Å². The van der Waals surface area contributed by atoms with Gasteiger partial charge >= 0.3 is 0 Å². The number of imidazole rings is 1. The molecule has 8 heteroatoms. The first-order valence-electron chi connectivity index (χ1n) is 13.5. The molecule has 1 aliphatic heterocycles. The summed E-state index contributed by atoms with van der Waals surface area (Å²) >= 11 is 0. The van der Waals surface area contributed by atoms with Crippen LogP contribution in [-0.4, -0.2) is 58.5 Å². The van der Waals surface area contributed by atoms with Gasteiger partial charge in [0.1, 0.15) is 23.2 Å². The van der Waals surface area contributed by atoms with Gasteiger partial charge in [-0.15, -0.1) is 0 Å². The third kappa shape index (κ3) is 6.45. The van der Waals surface area contributed by atoms with Gasteiger partial charge in [0.2, 0.25) is 5.91 Å². The Morgan fingerprint density at radius 2 is 1.72 bits per heavy atom. The minimum Gasteiger partial charge on any atom is -0.494 e. The van der Waals surface area contributed by atoms with Gasteiger partial charge in [0.25, 0.3) is 0 Å². The highest BCUT2D eigenvalue weighted by molar-refractivity contribution is 5.76. The van der Waals surface area contributed by atoms with Gasteiger partial charge in [0.15, 0.2) is 0 Å². The fraction of sp³-hybridized carbons (Fsp3) is 0.323.